The Morgan fingerprint density at radius 2 is 1.89 bits per heavy atom. The normalized spacial score (nSPS) is 10.5. The van der Waals surface area contributed by atoms with Crippen LogP contribution in [0.4, 0.5) is 0 Å². The van der Waals surface area contributed by atoms with Crippen LogP contribution in [-0.2, 0) is 0 Å². The van der Waals surface area contributed by atoms with Crippen molar-refractivity contribution in [2.45, 2.75) is 52.4 Å². The number of carbonyl (C=O) groups excluding carboxylic acids is 1. The van der Waals surface area contributed by atoms with E-state index in [1.165, 1.54) is 32.1 Å². The fourth-order valence-electron chi connectivity index (χ4n) is 1.97. The molecule has 4 heteroatoms. The van der Waals surface area contributed by atoms with E-state index in [9.17, 15) is 4.79 Å². The van der Waals surface area contributed by atoms with Crippen LogP contribution in [0.15, 0.2) is 12.1 Å². The smallest absolute Gasteiger partial charge is 0.251 e. The molecule has 0 aliphatic heterocycles. The Hall–Kier alpha value is -1.09. The van der Waals surface area contributed by atoms with Gasteiger partial charge in [0.2, 0.25) is 0 Å². The molecular weight excluding hydrogens is 260 g/mol. The summed E-state index contributed by atoms with van der Waals surface area (Å²) in [6, 6.07) is 3.35. The summed E-state index contributed by atoms with van der Waals surface area (Å²) in [5.41, 5.74) is 1.35. The molecule has 1 aromatic heterocycles. The molecule has 106 valence electrons. The SMILES string of the molecule is CCCCCCCCNC(=O)c1cc(C)nc(Cl)c1. The van der Waals surface area contributed by atoms with Crippen molar-refractivity contribution >= 4 is 17.5 Å². The van der Waals surface area contributed by atoms with Crippen molar-refractivity contribution < 1.29 is 4.79 Å². The van der Waals surface area contributed by atoms with Crippen LogP contribution in [0.5, 0.6) is 0 Å². The summed E-state index contributed by atoms with van der Waals surface area (Å²) in [6.45, 7) is 4.77. The topological polar surface area (TPSA) is 42.0 Å². The number of pyridine rings is 1. The lowest BCUT2D eigenvalue weighted by Gasteiger charge is -2.06. The van der Waals surface area contributed by atoms with Crippen LogP contribution in [0.2, 0.25) is 5.15 Å². The van der Waals surface area contributed by atoms with Crippen molar-refractivity contribution in [1.29, 1.82) is 0 Å². The third-order valence-electron chi connectivity index (χ3n) is 3.00. The van der Waals surface area contributed by atoms with Crippen LogP contribution in [0.1, 0.15) is 61.5 Å². The van der Waals surface area contributed by atoms with Gasteiger partial charge in [-0.2, -0.15) is 0 Å². The van der Waals surface area contributed by atoms with E-state index in [-0.39, 0.29) is 5.91 Å². The summed E-state index contributed by atoms with van der Waals surface area (Å²) in [7, 11) is 0. The highest BCUT2D eigenvalue weighted by atomic mass is 35.5. The number of halogens is 1. The summed E-state index contributed by atoms with van der Waals surface area (Å²) in [5.74, 6) is -0.0686. The van der Waals surface area contributed by atoms with Crippen LogP contribution in [0.3, 0.4) is 0 Å². The highest BCUT2D eigenvalue weighted by molar-refractivity contribution is 6.29. The van der Waals surface area contributed by atoms with Crippen molar-refractivity contribution in [3.63, 3.8) is 0 Å². The molecule has 1 heterocycles. The molecule has 0 aliphatic rings. The zero-order chi connectivity index (χ0) is 14.1. The van der Waals surface area contributed by atoms with Crippen molar-refractivity contribution in [3.05, 3.63) is 28.5 Å². The Morgan fingerprint density at radius 1 is 1.21 bits per heavy atom. The van der Waals surface area contributed by atoms with Gasteiger partial charge < -0.3 is 5.32 Å². The number of hydrogen-bond donors (Lipinski definition) is 1. The van der Waals surface area contributed by atoms with Crippen LogP contribution >= 0.6 is 11.6 Å². The van der Waals surface area contributed by atoms with Crippen molar-refractivity contribution in [3.8, 4) is 0 Å². The largest absolute Gasteiger partial charge is 0.352 e. The Labute approximate surface area is 120 Å². The highest BCUT2D eigenvalue weighted by Crippen LogP contribution is 2.10. The third kappa shape index (κ3) is 6.58. The summed E-state index contributed by atoms with van der Waals surface area (Å²) >= 11 is 5.84. The van der Waals surface area contributed by atoms with E-state index in [2.05, 4.69) is 17.2 Å². The molecule has 0 spiro atoms. The minimum absolute atomic E-state index is 0.0686. The summed E-state index contributed by atoms with van der Waals surface area (Å²) in [6.07, 6.45) is 7.33. The average Bonchev–Trinajstić information content (AvgIpc) is 2.36. The monoisotopic (exact) mass is 282 g/mol. The number of rotatable bonds is 8. The molecule has 1 aromatic rings. The lowest BCUT2D eigenvalue weighted by molar-refractivity contribution is 0.0952. The second kappa shape index (κ2) is 8.92. The number of aryl methyl sites for hydroxylation is 1. The van der Waals surface area contributed by atoms with Gasteiger partial charge in [-0.15, -0.1) is 0 Å². The highest BCUT2D eigenvalue weighted by Gasteiger charge is 2.07. The van der Waals surface area contributed by atoms with Crippen LogP contribution < -0.4 is 5.32 Å². The number of nitrogens with one attached hydrogen (secondary N) is 1. The first-order valence-electron chi connectivity index (χ1n) is 7.06. The molecule has 0 bridgehead atoms. The molecule has 0 aromatic carbocycles. The maximum Gasteiger partial charge on any atom is 0.251 e. The van der Waals surface area contributed by atoms with Gasteiger partial charge in [0.25, 0.3) is 5.91 Å². The number of carbonyl (C=O) groups is 1. The van der Waals surface area contributed by atoms with Gasteiger partial charge in [-0.3, -0.25) is 4.79 Å². The lowest BCUT2D eigenvalue weighted by Crippen LogP contribution is -2.24. The molecule has 1 rings (SSSR count). The molecule has 0 radical (unpaired) electrons. The van der Waals surface area contributed by atoms with Crippen molar-refractivity contribution in [2.75, 3.05) is 6.54 Å². The summed E-state index contributed by atoms with van der Waals surface area (Å²) in [5, 5.41) is 3.28. The van der Waals surface area contributed by atoms with Gasteiger partial charge in [-0.05, 0) is 25.5 Å². The van der Waals surface area contributed by atoms with Gasteiger partial charge in [0.1, 0.15) is 5.15 Å². The van der Waals surface area contributed by atoms with Crippen LogP contribution in [0, 0.1) is 6.92 Å². The van der Waals surface area contributed by atoms with E-state index in [0.717, 1.165) is 18.7 Å². The van der Waals surface area contributed by atoms with E-state index in [1.54, 1.807) is 12.1 Å². The van der Waals surface area contributed by atoms with Gasteiger partial charge in [0.05, 0.1) is 0 Å². The fourth-order valence-corrected chi connectivity index (χ4v) is 2.22. The molecular formula is C15H23ClN2O. The van der Waals surface area contributed by atoms with Gasteiger partial charge in [0.15, 0.2) is 0 Å². The molecule has 0 saturated heterocycles. The number of nitrogens with zero attached hydrogens (tertiary/aromatic N) is 1. The molecule has 1 amide bonds. The number of hydrogen-bond acceptors (Lipinski definition) is 2. The standard InChI is InChI=1S/C15H23ClN2O/c1-3-4-5-6-7-8-9-17-15(19)13-10-12(2)18-14(16)11-13/h10-11H,3-9H2,1-2H3,(H,17,19). The maximum atomic E-state index is 11.9. The molecule has 3 nitrogen and oxygen atoms in total. The fraction of sp³-hybridized carbons (Fsp3) is 0.600. The Kier molecular flexibility index (Phi) is 7.49. The molecule has 0 aliphatic carbocycles. The zero-order valence-corrected chi connectivity index (χ0v) is 12.6. The van der Waals surface area contributed by atoms with E-state index in [4.69, 9.17) is 11.6 Å². The minimum atomic E-state index is -0.0686. The maximum absolute atomic E-state index is 11.9. The van der Waals surface area contributed by atoms with Crippen LogP contribution in [0.25, 0.3) is 0 Å². The summed E-state index contributed by atoms with van der Waals surface area (Å²) < 4.78 is 0. The molecule has 1 N–H and O–H groups in total. The van der Waals surface area contributed by atoms with E-state index in [1.807, 2.05) is 6.92 Å². The third-order valence-corrected chi connectivity index (χ3v) is 3.19. The quantitative estimate of drug-likeness (QED) is 0.575. The first kappa shape index (κ1) is 16.0. The van der Waals surface area contributed by atoms with Crippen molar-refractivity contribution in [2.24, 2.45) is 0 Å². The van der Waals surface area contributed by atoms with Gasteiger partial charge in [-0.25, -0.2) is 4.98 Å². The van der Waals surface area contributed by atoms with Gasteiger partial charge >= 0.3 is 0 Å². The number of amides is 1. The first-order valence-corrected chi connectivity index (χ1v) is 7.43. The Balaban J connectivity index is 2.24. The number of unbranched alkanes of at least 4 members (excludes halogenated alkanes) is 5. The predicted octanol–water partition coefficient (Wildman–Crippen LogP) is 4.13. The minimum Gasteiger partial charge on any atom is -0.352 e. The molecule has 0 atom stereocenters. The second-order valence-electron chi connectivity index (χ2n) is 4.84. The molecule has 19 heavy (non-hydrogen) atoms. The molecule has 0 fully saturated rings. The molecule has 0 unspecified atom stereocenters. The zero-order valence-electron chi connectivity index (χ0n) is 11.8. The lowest BCUT2D eigenvalue weighted by atomic mass is 10.1. The van der Waals surface area contributed by atoms with Gasteiger partial charge in [-0.1, -0.05) is 50.6 Å². The van der Waals surface area contributed by atoms with Crippen LogP contribution in [-0.4, -0.2) is 17.4 Å². The van der Waals surface area contributed by atoms with Crippen molar-refractivity contribution in [1.82, 2.24) is 10.3 Å². The molecule has 0 saturated carbocycles. The predicted molar refractivity (Wildman–Crippen MR) is 79.7 cm³/mol. The van der Waals surface area contributed by atoms with E-state index < -0.39 is 0 Å². The summed E-state index contributed by atoms with van der Waals surface area (Å²) in [4.78, 5) is 15.9. The van der Waals surface area contributed by atoms with Gasteiger partial charge in [0, 0.05) is 17.8 Å². The Bertz CT molecular complexity index is 387. The average molecular weight is 283 g/mol. The Morgan fingerprint density at radius 3 is 2.58 bits per heavy atom. The first-order chi connectivity index (χ1) is 9.13. The van der Waals surface area contributed by atoms with E-state index in [0.29, 0.717) is 10.7 Å². The van der Waals surface area contributed by atoms with E-state index >= 15 is 0 Å². The number of aromatic nitrogens is 1. The second-order valence-corrected chi connectivity index (χ2v) is 5.23.